The van der Waals surface area contributed by atoms with E-state index >= 15 is 0 Å². The third kappa shape index (κ3) is 3.78. The van der Waals surface area contributed by atoms with Crippen molar-refractivity contribution in [2.24, 2.45) is 0 Å². The van der Waals surface area contributed by atoms with E-state index in [2.05, 4.69) is 0 Å². The Balaban J connectivity index is 2.02. The number of nitrogens with two attached hydrogens (primary N) is 1. The lowest BCUT2D eigenvalue weighted by Crippen LogP contribution is -2.50. The summed E-state index contributed by atoms with van der Waals surface area (Å²) in [6.45, 7) is 7.10. The maximum absolute atomic E-state index is 13.5. The molecule has 0 spiro atoms. The molecule has 1 aromatic carbocycles. The average Bonchev–Trinajstić information content (AvgIpc) is 2.41. The highest BCUT2D eigenvalue weighted by atomic mass is 19.1. The van der Waals surface area contributed by atoms with Crippen molar-refractivity contribution in [2.45, 2.75) is 26.4 Å². The van der Waals surface area contributed by atoms with E-state index in [-0.39, 0.29) is 11.8 Å². The van der Waals surface area contributed by atoms with Gasteiger partial charge in [0.05, 0.1) is 11.4 Å². The minimum absolute atomic E-state index is 0.0767. The quantitative estimate of drug-likeness (QED) is 0.810. The highest BCUT2D eigenvalue weighted by Crippen LogP contribution is 2.28. The molecule has 0 aliphatic carbocycles. The van der Waals surface area contributed by atoms with E-state index in [4.69, 9.17) is 10.5 Å². The number of hydrogen-bond donors (Lipinski definition) is 1. The molecule has 0 radical (unpaired) electrons. The smallest absolute Gasteiger partial charge is 0.410 e. The summed E-state index contributed by atoms with van der Waals surface area (Å²) >= 11 is 0. The van der Waals surface area contributed by atoms with Crippen LogP contribution >= 0.6 is 0 Å². The van der Waals surface area contributed by atoms with Gasteiger partial charge in [0, 0.05) is 32.2 Å². The van der Waals surface area contributed by atoms with Crippen LogP contribution in [0.4, 0.5) is 25.0 Å². The van der Waals surface area contributed by atoms with Gasteiger partial charge >= 0.3 is 6.09 Å². The van der Waals surface area contributed by atoms with E-state index in [0.29, 0.717) is 31.9 Å². The highest BCUT2D eigenvalue weighted by molar-refractivity contribution is 5.71. The van der Waals surface area contributed by atoms with Crippen LogP contribution in [-0.2, 0) is 4.74 Å². The number of halogens is 2. The van der Waals surface area contributed by atoms with Crippen LogP contribution in [0.2, 0.25) is 0 Å². The van der Waals surface area contributed by atoms with Crippen LogP contribution in [0.15, 0.2) is 12.1 Å². The minimum atomic E-state index is -0.774. The molecule has 1 aromatic rings. The van der Waals surface area contributed by atoms with Crippen LogP contribution in [0.1, 0.15) is 20.8 Å². The predicted molar refractivity (Wildman–Crippen MR) is 80.8 cm³/mol. The summed E-state index contributed by atoms with van der Waals surface area (Å²) in [6, 6.07) is 1.97. The second-order valence-electron chi connectivity index (χ2n) is 6.27. The number of nitrogen functional groups attached to an aromatic ring is 1. The number of nitrogens with zero attached hydrogens (tertiary/aromatic N) is 2. The number of anilines is 2. The number of rotatable bonds is 1. The predicted octanol–water partition coefficient (Wildman–Crippen LogP) is 2.60. The van der Waals surface area contributed by atoms with Gasteiger partial charge in [-0.2, -0.15) is 0 Å². The molecule has 0 unspecified atom stereocenters. The van der Waals surface area contributed by atoms with Crippen LogP contribution in [0, 0.1) is 11.6 Å². The number of carbonyl (C=O) groups is 1. The summed E-state index contributed by atoms with van der Waals surface area (Å²) in [5.74, 6) is -1.44. The first-order valence-corrected chi connectivity index (χ1v) is 7.15. The van der Waals surface area contributed by atoms with Gasteiger partial charge in [-0.3, -0.25) is 0 Å². The topological polar surface area (TPSA) is 58.8 Å². The van der Waals surface area contributed by atoms with E-state index < -0.39 is 17.2 Å². The molecular weight excluding hydrogens is 292 g/mol. The van der Waals surface area contributed by atoms with E-state index in [1.807, 2.05) is 0 Å². The van der Waals surface area contributed by atoms with E-state index in [0.717, 1.165) is 6.07 Å². The first-order chi connectivity index (χ1) is 10.2. The molecule has 122 valence electrons. The molecule has 1 heterocycles. The third-order valence-electron chi connectivity index (χ3n) is 3.34. The molecule has 1 fully saturated rings. The molecule has 7 heteroatoms. The molecule has 0 atom stereocenters. The summed E-state index contributed by atoms with van der Waals surface area (Å²) < 4.78 is 32.2. The highest BCUT2D eigenvalue weighted by Gasteiger charge is 2.27. The molecule has 2 rings (SSSR count). The van der Waals surface area contributed by atoms with Gasteiger partial charge in [0.15, 0.2) is 5.82 Å². The number of ether oxygens (including phenoxy) is 1. The Kier molecular flexibility index (Phi) is 4.44. The summed E-state index contributed by atoms with van der Waals surface area (Å²) in [5.41, 5.74) is 5.36. The summed E-state index contributed by atoms with van der Waals surface area (Å²) in [7, 11) is 0. The number of benzene rings is 1. The molecule has 0 aromatic heterocycles. The Morgan fingerprint density at radius 3 is 2.32 bits per heavy atom. The van der Waals surface area contributed by atoms with E-state index in [9.17, 15) is 13.6 Å². The van der Waals surface area contributed by atoms with Crippen LogP contribution < -0.4 is 10.6 Å². The van der Waals surface area contributed by atoms with E-state index in [1.165, 1.54) is 6.07 Å². The van der Waals surface area contributed by atoms with Crippen LogP contribution in [0.25, 0.3) is 0 Å². The normalized spacial score (nSPS) is 15.9. The Bertz CT molecular complexity index is 565. The molecule has 0 bridgehead atoms. The van der Waals surface area contributed by atoms with Crippen molar-refractivity contribution in [3.63, 3.8) is 0 Å². The lowest BCUT2D eigenvalue weighted by molar-refractivity contribution is 0.0240. The Hall–Kier alpha value is -2.05. The molecule has 1 aliphatic rings. The molecule has 2 N–H and O–H groups in total. The number of carbonyl (C=O) groups excluding carboxylic acids is 1. The Morgan fingerprint density at radius 1 is 1.18 bits per heavy atom. The lowest BCUT2D eigenvalue weighted by atomic mass is 10.2. The fourth-order valence-corrected chi connectivity index (χ4v) is 2.29. The average molecular weight is 313 g/mol. The molecule has 1 amide bonds. The third-order valence-corrected chi connectivity index (χ3v) is 3.34. The van der Waals surface area contributed by atoms with Gasteiger partial charge in [0.1, 0.15) is 11.4 Å². The summed E-state index contributed by atoms with van der Waals surface area (Å²) in [5, 5.41) is 0. The van der Waals surface area contributed by atoms with Gasteiger partial charge in [-0.25, -0.2) is 13.6 Å². The van der Waals surface area contributed by atoms with Gasteiger partial charge < -0.3 is 20.3 Å². The zero-order valence-electron chi connectivity index (χ0n) is 13.0. The Labute approximate surface area is 128 Å². The molecule has 22 heavy (non-hydrogen) atoms. The van der Waals surface area contributed by atoms with Gasteiger partial charge in [0.25, 0.3) is 0 Å². The van der Waals surface area contributed by atoms with Crippen LogP contribution in [-0.4, -0.2) is 42.8 Å². The van der Waals surface area contributed by atoms with Gasteiger partial charge in [-0.15, -0.1) is 0 Å². The van der Waals surface area contributed by atoms with Crippen molar-refractivity contribution in [1.82, 2.24) is 4.90 Å². The zero-order chi connectivity index (χ0) is 16.5. The van der Waals surface area contributed by atoms with Crippen molar-refractivity contribution >= 4 is 17.5 Å². The molecule has 5 nitrogen and oxygen atoms in total. The van der Waals surface area contributed by atoms with Gasteiger partial charge in [-0.1, -0.05) is 0 Å². The first-order valence-electron chi connectivity index (χ1n) is 7.15. The second kappa shape index (κ2) is 5.98. The fourth-order valence-electron chi connectivity index (χ4n) is 2.29. The van der Waals surface area contributed by atoms with Crippen LogP contribution in [0.5, 0.6) is 0 Å². The maximum Gasteiger partial charge on any atom is 0.410 e. The van der Waals surface area contributed by atoms with Crippen molar-refractivity contribution in [2.75, 3.05) is 36.8 Å². The van der Waals surface area contributed by atoms with Crippen molar-refractivity contribution in [1.29, 1.82) is 0 Å². The maximum atomic E-state index is 13.5. The number of piperazine rings is 1. The monoisotopic (exact) mass is 313 g/mol. The zero-order valence-corrected chi connectivity index (χ0v) is 13.0. The van der Waals surface area contributed by atoms with Crippen LogP contribution in [0.3, 0.4) is 0 Å². The summed E-state index contributed by atoms with van der Waals surface area (Å²) in [4.78, 5) is 15.3. The molecule has 0 saturated carbocycles. The van der Waals surface area contributed by atoms with Gasteiger partial charge in [-0.05, 0) is 26.8 Å². The van der Waals surface area contributed by atoms with Crippen molar-refractivity contribution < 1.29 is 18.3 Å². The van der Waals surface area contributed by atoms with Gasteiger partial charge in [0.2, 0.25) is 0 Å². The Morgan fingerprint density at radius 2 is 1.77 bits per heavy atom. The molecular formula is C15H21F2N3O2. The molecule has 1 saturated heterocycles. The fraction of sp³-hybridized carbons (Fsp3) is 0.533. The number of hydrogen-bond acceptors (Lipinski definition) is 4. The largest absolute Gasteiger partial charge is 0.444 e. The van der Waals surface area contributed by atoms with Crippen molar-refractivity contribution in [3.05, 3.63) is 23.8 Å². The second-order valence-corrected chi connectivity index (χ2v) is 6.27. The summed E-state index contributed by atoms with van der Waals surface area (Å²) in [6.07, 6.45) is -0.384. The standard InChI is InChI=1S/C15H21F2N3O2/c1-15(2,3)22-14(21)20-6-4-19(5-7-20)12-9-10(16)8-11(17)13(12)18/h8-9H,4-7,18H2,1-3H3. The van der Waals surface area contributed by atoms with E-state index in [1.54, 1.807) is 30.6 Å². The van der Waals surface area contributed by atoms with Crippen molar-refractivity contribution in [3.8, 4) is 0 Å². The number of amides is 1. The lowest BCUT2D eigenvalue weighted by Gasteiger charge is -2.37. The minimum Gasteiger partial charge on any atom is -0.444 e. The SMILES string of the molecule is CC(C)(C)OC(=O)N1CCN(c2cc(F)cc(F)c2N)CC1. The molecule has 1 aliphatic heterocycles. The first kappa shape index (κ1) is 16.3.